The van der Waals surface area contributed by atoms with Gasteiger partial charge in [-0.05, 0) is 42.8 Å². The summed E-state index contributed by atoms with van der Waals surface area (Å²) in [6.45, 7) is 3.42. The van der Waals surface area contributed by atoms with Crippen LogP contribution in [-0.4, -0.2) is 56.6 Å². The molecule has 2 aromatic heterocycles. The molecule has 2 aromatic carbocycles. The molecule has 0 atom stereocenters. The minimum atomic E-state index is -4.46. The highest BCUT2D eigenvalue weighted by molar-refractivity contribution is 5.95. The van der Waals surface area contributed by atoms with E-state index in [0.29, 0.717) is 54.5 Å². The second-order valence-corrected chi connectivity index (χ2v) is 8.27. The highest BCUT2D eigenvalue weighted by Crippen LogP contribution is 2.32. The Morgan fingerprint density at radius 3 is 2.51 bits per heavy atom. The van der Waals surface area contributed by atoms with Crippen molar-refractivity contribution in [1.29, 1.82) is 0 Å². The third-order valence-electron chi connectivity index (χ3n) is 5.99. The predicted molar refractivity (Wildman–Crippen MR) is 120 cm³/mol. The van der Waals surface area contributed by atoms with Crippen molar-refractivity contribution < 1.29 is 22.4 Å². The van der Waals surface area contributed by atoms with Crippen molar-refractivity contribution in [2.45, 2.75) is 13.1 Å². The topological polar surface area (TPSA) is 66.6 Å². The highest BCUT2D eigenvalue weighted by Gasteiger charge is 2.31. The number of aromatic nitrogens is 4. The monoisotopic (exact) mass is 484 g/mol. The van der Waals surface area contributed by atoms with Crippen molar-refractivity contribution in [1.82, 2.24) is 24.5 Å². The van der Waals surface area contributed by atoms with Gasteiger partial charge in [0.25, 0.3) is 11.7 Å². The number of hydrogen-bond acceptors (Lipinski definition) is 5. The third-order valence-corrected chi connectivity index (χ3v) is 5.99. The van der Waals surface area contributed by atoms with Gasteiger partial charge >= 0.3 is 6.18 Å². The molecule has 0 spiro atoms. The van der Waals surface area contributed by atoms with Crippen molar-refractivity contribution in [3.8, 4) is 11.3 Å². The van der Waals surface area contributed by atoms with E-state index in [-0.39, 0.29) is 11.7 Å². The summed E-state index contributed by atoms with van der Waals surface area (Å²) in [4.78, 5) is 25.0. The number of aryl methyl sites for hydroxylation is 1. The SMILES string of the molecule is Cc1ccc(F)cc1C(=O)N1CCN(c2nc3nccc(-c4cccc(C(F)(F)F)c4)n3n2)CC1. The van der Waals surface area contributed by atoms with Crippen LogP contribution in [0, 0.1) is 12.7 Å². The van der Waals surface area contributed by atoms with E-state index in [1.165, 1.54) is 28.9 Å². The standard InChI is InChI=1S/C24H20F4N6O/c1-15-5-6-18(25)14-19(15)21(35)32-9-11-33(12-10-32)23-30-22-29-8-7-20(34(22)31-23)16-3-2-4-17(13-16)24(26,27)28/h2-8,13-14H,9-12H2,1H3. The lowest BCUT2D eigenvalue weighted by molar-refractivity contribution is -0.137. The maximum absolute atomic E-state index is 13.6. The molecule has 4 aromatic rings. The van der Waals surface area contributed by atoms with Gasteiger partial charge in [-0.2, -0.15) is 22.7 Å². The summed E-state index contributed by atoms with van der Waals surface area (Å²) in [5, 5.41) is 4.49. The van der Waals surface area contributed by atoms with E-state index in [2.05, 4.69) is 15.1 Å². The lowest BCUT2D eigenvalue weighted by Gasteiger charge is -2.34. The number of halogens is 4. The van der Waals surface area contributed by atoms with Gasteiger partial charge in [-0.25, -0.2) is 9.37 Å². The minimum Gasteiger partial charge on any atom is -0.336 e. The number of carbonyl (C=O) groups is 1. The van der Waals surface area contributed by atoms with Gasteiger partial charge in [0.15, 0.2) is 0 Å². The molecule has 1 amide bonds. The lowest BCUT2D eigenvalue weighted by Crippen LogP contribution is -2.49. The normalized spacial score (nSPS) is 14.5. The van der Waals surface area contributed by atoms with Gasteiger partial charge in [-0.1, -0.05) is 18.2 Å². The number of rotatable bonds is 3. The van der Waals surface area contributed by atoms with Gasteiger partial charge in [-0.15, -0.1) is 5.10 Å². The Morgan fingerprint density at radius 1 is 1.00 bits per heavy atom. The van der Waals surface area contributed by atoms with Crippen LogP contribution in [0.4, 0.5) is 23.5 Å². The molecule has 35 heavy (non-hydrogen) atoms. The van der Waals surface area contributed by atoms with Crippen LogP contribution < -0.4 is 4.90 Å². The van der Waals surface area contributed by atoms with E-state index in [1.807, 2.05) is 4.90 Å². The Labute approximate surface area is 197 Å². The first-order chi connectivity index (χ1) is 16.7. The Kier molecular flexibility index (Phi) is 5.62. The van der Waals surface area contributed by atoms with Crippen molar-refractivity contribution >= 4 is 17.6 Å². The van der Waals surface area contributed by atoms with Crippen LogP contribution >= 0.6 is 0 Å². The molecule has 0 N–H and O–H groups in total. The molecule has 5 rings (SSSR count). The van der Waals surface area contributed by atoms with Gasteiger partial charge in [0, 0.05) is 43.5 Å². The molecule has 0 radical (unpaired) electrons. The van der Waals surface area contributed by atoms with Crippen LogP contribution in [0.25, 0.3) is 17.0 Å². The summed E-state index contributed by atoms with van der Waals surface area (Å²) in [5.74, 6) is -0.0802. The van der Waals surface area contributed by atoms with Gasteiger partial charge in [0.05, 0.1) is 11.3 Å². The number of amides is 1. The summed E-state index contributed by atoms with van der Waals surface area (Å²) in [5.41, 5.74) is 1.04. The molecule has 0 aliphatic carbocycles. The second kappa shape index (κ2) is 8.64. The van der Waals surface area contributed by atoms with Gasteiger partial charge in [0.2, 0.25) is 5.95 Å². The average molecular weight is 484 g/mol. The largest absolute Gasteiger partial charge is 0.416 e. The number of carbonyl (C=O) groups excluding carboxylic acids is 1. The quantitative estimate of drug-likeness (QED) is 0.408. The van der Waals surface area contributed by atoms with Crippen LogP contribution in [0.5, 0.6) is 0 Å². The van der Waals surface area contributed by atoms with Crippen LogP contribution in [0.1, 0.15) is 21.5 Å². The Hall–Kier alpha value is -4.02. The fourth-order valence-corrected chi connectivity index (χ4v) is 4.10. The number of benzene rings is 2. The number of hydrogen-bond donors (Lipinski definition) is 0. The molecule has 180 valence electrons. The lowest BCUT2D eigenvalue weighted by atomic mass is 10.1. The third kappa shape index (κ3) is 4.41. The molecule has 1 fully saturated rings. The van der Waals surface area contributed by atoms with E-state index in [0.717, 1.165) is 12.1 Å². The summed E-state index contributed by atoms with van der Waals surface area (Å²) in [6, 6.07) is 10.7. The van der Waals surface area contributed by atoms with E-state index >= 15 is 0 Å². The van der Waals surface area contributed by atoms with Gasteiger partial charge in [-0.3, -0.25) is 4.79 Å². The molecule has 0 bridgehead atoms. The molecule has 7 nitrogen and oxygen atoms in total. The number of alkyl halides is 3. The fraction of sp³-hybridized carbons (Fsp3) is 0.250. The molecular formula is C24H20F4N6O. The predicted octanol–water partition coefficient (Wildman–Crippen LogP) is 4.22. The molecular weight excluding hydrogens is 464 g/mol. The number of fused-ring (bicyclic) bond motifs is 1. The highest BCUT2D eigenvalue weighted by atomic mass is 19.4. The van der Waals surface area contributed by atoms with Crippen LogP contribution in [0.3, 0.4) is 0 Å². The summed E-state index contributed by atoms with van der Waals surface area (Å²) in [7, 11) is 0. The molecule has 3 heterocycles. The van der Waals surface area contributed by atoms with Gasteiger partial charge in [0.1, 0.15) is 5.82 Å². The first kappa shape index (κ1) is 22.8. The van der Waals surface area contributed by atoms with Crippen LogP contribution in [0.15, 0.2) is 54.7 Å². The number of nitrogens with zero attached hydrogens (tertiary/aromatic N) is 6. The Balaban J connectivity index is 1.37. The first-order valence-corrected chi connectivity index (χ1v) is 10.9. The van der Waals surface area contributed by atoms with E-state index in [1.54, 1.807) is 30.0 Å². The molecule has 11 heteroatoms. The average Bonchev–Trinajstić information content (AvgIpc) is 3.29. The minimum absolute atomic E-state index is 0.238. The summed E-state index contributed by atoms with van der Waals surface area (Å²) >= 11 is 0. The van der Waals surface area contributed by atoms with Gasteiger partial charge < -0.3 is 9.80 Å². The van der Waals surface area contributed by atoms with Crippen molar-refractivity contribution in [3.05, 3.63) is 77.2 Å². The fourth-order valence-electron chi connectivity index (χ4n) is 4.10. The molecule has 0 unspecified atom stereocenters. The first-order valence-electron chi connectivity index (χ1n) is 10.9. The van der Waals surface area contributed by atoms with Crippen molar-refractivity contribution in [3.63, 3.8) is 0 Å². The van der Waals surface area contributed by atoms with E-state index in [4.69, 9.17) is 0 Å². The number of piperazine rings is 1. The summed E-state index contributed by atoms with van der Waals surface area (Å²) in [6.07, 6.45) is -2.99. The zero-order valence-corrected chi connectivity index (χ0v) is 18.6. The smallest absolute Gasteiger partial charge is 0.336 e. The van der Waals surface area contributed by atoms with Crippen LogP contribution in [-0.2, 0) is 6.18 Å². The van der Waals surface area contributed by atoms with E-state index < -0.39 is 17.6 Å². The Morgan fingerprint density at radius 2 is 1.77 bits per heavy atom. The molecule has 1 aliphatic heterocycles. The van der Waals surface area contributed by atoms with Crippen molar-refractivity contribution in [2.75, 3.05) is 31.1 Å². The van der Waals surface area contributed by atoms with E-state index in [9.17, 15) is 22.4 Å². The van der Waals surface area contributed by atoms with Crippen molar-refractivity contribution in [2.24, 2.45) is 0 Å². The zero-order chi connectivity index (χ0) is 24.7. The van der Waals surface area contributed by atoms with Crippen LogP contribution in [0.2, 0.25) is 0 Å². The Bertz CT molecular complexity index is 1410. The zero-order valence-electron chi connectivity index (χ0n) is 18.6. The number of anilines is 1. The maximum Gasteiger partial charge on any atom is 0.416 e. The molecule has 1 saturated heterocycles. The maximum atomic E-state index is 13.6. The molecule has 0 saturated carbocycles. The summed E-state index contributed by atoms with van der Waals surface area (Å²) < 4.78 is 54.6. The molecule has 1 aliphatic rings. The second-order valence-electron chi connectivity index (χ2n) is 8.27.